The molecule has 0 saturated carbocycles. The molecule has 118 valence electrons. The van der Waals surface area contributed by atoms with E-state index in [0.717, 1.165) is 0 Å². The normalized spacial score (nSPS) is 10.8. The summed E-state index contributed by atoms with van der Waals surface area (Å²) in [5.74, 6) is -0.392. The van der Waals surface area contributed by atoms with E-state index < -0.39 is 12.5 Å². The van der Waals surface area contributed by atoms with Crippen LogP contribution in [0.3, 0.4) is 0 Å². The van der Waals surface area contributed by atoms with Crippen molar-refractivity contribution in [1.82, 2.24) is 9.78 Å². The van der Waals surface area contributed by atoms with E-state index in [1.165, 1.54) is 29.1 Å². The number of hydrogen-bond donors (Lipinski definition) is 1. The molecule has 0 saturated heterocycles. The summed E-state index contributed by atoms with van der Waals surface area (Å²) in [4.78, 5) is 12.3. The van der Waals surface area contributed by atoms with Crippen LogP contribution < -0.4 is 10.1 Å². The minimum atomic E-state index is -2.89. The second-order valence-corrected chi connectivity index (χ2v) is 4.87. The van der Waals surface area contributed by atoms with Gasteiger partial charge >= 0.3 is 6.61 Å². The molecule has 0 unspecified atom stereocenters. The van der Waals surface area contributed by atoms with Crippen LogP contribution in [0.2, 0.25) is 5.02 Å². The van der Waals surface area contributed by atoms with Crippen molar-refractivity contribution < 1.29 is 18.3 Å². The first-order valence-corrected chi connectivity index (χ1v) is 6.88. The van der Waals surface area contributed by atoms with Crippen molar-refractivity contribution in [2.75, 3.05) is 5.32 Å². The number of alkyl halides is 2. The molecule has 0 spiro atoms. The molecule has 1 aromatic heterocycles. The number of rotatable bonds is 5. The van der Waals surface area contributed by atoms with E-state index in [1.54, 1.807) is 6.92 Å². The van der Waals surface area contributed by atoms with Gasteiger partial charge in [0.1, 0.15) is 11.4 Å². The highest BCUT2D eigenvalue weighted by Gasteiger charge is 2.17. The summed E-state index contributed by atoms with van der Waals surface area (Å²) < 4.78 is 30.1. The van der Waals surface area contributed by atoms with Gasteiger partial charge < -0.3 is 10.1 Å². The van der Waals surface area contributed by atoms with Gasteiger partial charge in [0.25, 0.3) is 5.91 Å². The maximum Gasteiger partial charge on any atom is 0.387 e. The molecular formula is C14H14ClF2N3O2. The first-order chi connectivity index (χ1) is 10.4. The molecule has 0 fully saturated rings. The van der Waals surface area contributed by atoms with Gasteiger partial charge in [-0.15, -0.1) is 0 Å². The van der Waals surface area contributed by atoms with Crippen LogP contribution in [0.5, 0.6) is 5.75 Å². The highest BCUT2D eigenvalue weighted by molar-refractivity contribution is 6.34. The Kier molecular flexibility index (Phi) is 4.97. The summed E-state index contributed by atoms with van der Waals surface area (Å²) >= 11 is 5.96. The molecule has 5 nitrogen and oxygen atoms in total. The van der Waals surface area contributed by atoms with Crippen molar-refractivity contribution in [3.63, 3.8) is 0 Å². The van der Waals surface area contributed by atoms with Crippen molar-refractivity contribution >= 4 is 23.2 Å². The second kappa shape index (κ2) is 6.74. The van der Waals surface area contributed by atoms with Crippen LogP contribution in [0.1, 0.15) is 23.0 Å². The number of aryl methyl sites for hydroxylation is 2. The smallest absolute Gasteiger partial charge is 0.387 e. The van der Waals surface area contributed by atoms with E-state index in [-0.39, 0.29) is 16.5 Å². The van der Waals surface area contributed by atoms with Gasteiger partial charge in [-0.3, -0.25) is 9.48 Å². The standard InChI is InChI=1S/C14H14ClF2N3O2/c1-3-20-12(10(15)7-18-20)13(21)19-11-5-4-9(6-8(11)2)22-14(16)17/h4-7,14H,3H2,1-2H3,(H,19,21). The number of hydrogen-bond acceptors (Lipinski definition) is 3. The molecule has 8 heteroatoms. The molecule has 2 rings (SSSR count). The number of nitrogens with zero attached hydrogens (tertiary/aromatic N) is 2. The van der Waals surface area contributed by atoms with Gasteiger partial charge in [0, 0.05) is 12.2 Å². The second-order valence-electron chi connectivity index (χ2n) is 4.47. The number of carbonyl (C=O) groups is 1. The molecule has 1 aromatic carbocycles. The lowest BCUT2D eigenvalue weighted by Gasteiger charge is -2.11. The zero-order chi connectivity index (χ0) is 16.3. The number of benzene rings is 1. The van der Waals surface area contributed by atoms with Gasteiger partial charge in [-0.25, -0.2) is 0 Å². The fourth-order valence-corrected chi connectivity index (χ4v) is 2.19. The lowest BCUT2D eigenvalue weighted by Crippen LogP contribution is -2.18. The Balaban J connectivity index is 2.20. The summed E-state index contributed by atoms with van der Waals surface area (Å²) in [7, 11) is 0. The van der Waals surface area contributed by atoms with Crippen molar-refractivity contribution in [1.29, 1.82) is 0 Å². The van der Waals surface area contributed by atoms with E-state index in [4.69, 9.17) is 11.6 Å². The Hall–Kier alpha value is -2.15. The van der Waals surface area contributed by atoms with Gasteiger partial charge in [0.05, 0.1) is 11.2 Å². The molecule has 1 heterocycles. The summed E-state index contributed by atoms with van der Waals surface area (Å²) in [6, 6.07) is 4.26. The number of aromatic nitrogens is 2. The number of ether oxygens (including phenoxy) is 1. The van der Waals surface area contributed by atoms with Gasteiger partial charge in [0.2, 0.25) is 0 Å². The Labute approximate surface area is 130 Å². The van der Waals surface area contributed by atoms with Crippen LogP contribution in [-0.2, 0) is 6.54 Å². The summed E-state index contributed by atoms with van der Waals surface area (Å²) in [5, 5.41) is 6.91. The van der Waals surface area contributed by atoms with Crippen LogP contribution in [0.15, 0.2) is 24.4 Å². The average molecular weight is 330 g/mol. The molecule has 22 heavy (non-hydrogen) atoms. The first kappa shape index (κ1) is 16.2. The van der Waals surface area contributed by atoms with Crippen LogP contribution in [0.4, 0.5) is 14.5 Å². The SMILES string of the molecule is CCn1ncc(Cl)c1C(=O)Nc1ccc(OC(F)F)cc1C. The van der Waals surface area contributed by atoms with Crippen LogP contribution in [-0.4, -0.2) is 22.3 Å². The molecule has 1 amide bonds. The molecule has 0 aliphatic heterocycles. The molecule has 0 aliphatic rings. The van der Waals surface area contributed by atoms with E-state index in [2.05, 4.69) is 15.2 Å². The number of nitrogens with one attached hydrogen (secondary N) is 1. The van der Waals surface area contributed by atoms with E-state index >= 15 is 0 Å². The van der Waals surface area contributed by atoms with Crippen molar-refractivity contribution in [2.45, 2.75) is 27.0 Å². The predicted molar refractivity (Wildman–Crippen MR) is 78.7 cm³/mol. The number of halogens is 3. The zero-order valence-electron chi connectivity index (χ0n) is 11.9. The molecule has 0 aliphatic carbocycles. The number of amides is 1. The highest BCUT2D eigenvalue weighted by Crippen LogP contribution is 2.24. The Morgan fingerprint density at radius 2 is 2.23 bits per heavy atom. The molecule has 0 bridgehead atoms. The third kappa shape index (κ3) is 3.54. The van der Waals surface area contributed by atoms with Gasteiger partial charge in [-0.1, -0.05) is 11.6 Å². The van der Waals surface area contributed by atoms with Crippen molar-refractivity contribution in [3.05, 3.63) is 40.7 Å². The minimum Gasteiger partial charge on any atom is -0.435 e. The van der Waals surface area contributed by atoms with E-state index in [0.29, 0.717) is 17.8 Å². The van der Waals surface area contributed by atoms with E-state index in [9.17, 15) is 13.6 Å². The number of carbonyl (C=O) groups excluding carboxylic acids is 1. The highest BCUT2D eigenvalue weighted by atomic mass is 35.5. The van der Waals surface area contributed by atoms with Crippen molar-refractivity contribution in [3.8, 4) is 5.75 Å². The Bertz CT molecular complexity index is 689. The summed E-state index contributed by atoms with van der Waals surface area (Å²) in [6.45, 7) is 1.11. The third-order valence-electron chi connectivity index (χ3n) is 2.98. The van der Waals surface area contributed by atoms with Gasteiger partial charge in [-0.2, -0.15) is 13.9 Å². The lowest BCUT2D eigenvalue weighted by atomic mass is 10.2. The van der Waals surface area contributed by atoms with Crippen LogP contribution in [0, 0.1) is 6.92 Å². The van der Waals surface area contributed by atoms with E-state index in [1.807, 2.05) is 6.92 Å². The minimum absolute atomic E-state index is 0.0298. The molecular weight excluding hydrogens is 316 g/mol. The van der Waals surface area contributed by atoms with Gasteiger partial charge in [-0.05, 0) is 37.6 Å². The zero-order valence-corrected chi connectivity index (χ0v) is 12.7. The molecule has 2 aromatic rings. The quantitative estimate of drug-likeness (QED) is 0.909. The summed E-state index contributed by atoms with van der Waals surface area (Å²) in [5.41, 5.74) is 1.31. The lowest BCUT2D eigenvalue weighted by molar-refractivity contribution is -0.0498. The molecule has 0 atom stereocenters. The molecule has 1 N–H and O–H groups in total. The largest absolute Gasteiger partial charge is 0.435 e. The molecule has 0 radical (unpaired) electrons. The maximum atomic E-state index is 12.3. The third-order valence-corrected chi connectivity index (χ3v) is 3.26. The fourth-order valence-electron chi connectivity index (χ4n) is 1.96. The Morgan fingerprint density at radius 1 is 1.50 bits per heavy atom. The predicted octanol–water partition coefficient (Wildman–Crippen LogP) is 3.72. The Morgan fingerprint density at radius 3 is 2.82 bits per heavy atom. The number of anilines is 1. The maximum absolute atomic E-state index is 12.3. The van der Waals surface area contributed by atoms with Gasteiger partial charge in [0.15, 0.2) is 0 Å². The summed E-state index contributed by atoms with van der Waals surface area (Å²) in [6.07, 6.45) is 1.40. The first-order valence-electron chi connectivity index (χ1n) is 6.50. The van der Waals surface area contributed by atoms with Crippen molar-refractivity contribution in [2.24, 2.45) is 0 Å². The topological polar surface area (TPSA) is 56.2 Å². The van der Waals surface area contributed by atoms with Crippen LogP contribution >= 0.6 is 11.6 Å². The van der Waals surface area contributed by atoms with Crippen LogP contribution in [0.25, 0.3) is 0 Å². The fraction of sp³-hybridized carbons (Fsp3) is 0.286. The average Bonchev–Trinajstić information content (AvgIpc) is 2.82. The monoisotopic (exact) mass is 329 g/mol.